The number of fused-ring (bicyclic) bond motifs is 1. The normalized spacial score (nSPS) is 11.1. The Balaban J connectivity index is 1.59. The average molecular weight is 324 g/mol. The van der Waals surface area contributed by atoms with Gasteiger partial charge >= 0.3 is 0 Å². The maximum Gasteiger partial charge on any atom is 0.238 e. The summed E-state index contributed by atoms with van der Waals surface area (Å²) in [6.07, 6.45) is 0. The molecule has 2 aromatic carbocycles. The van der Waals surface area contributed by atoms with Crippen LogP contribution in [0.3, 0.4) is 0 Å². The van der Waals surface area contributed by atoms with E-state index in [2.05, 4.69) is 35.0 Å². The first kappa shape index (κ1) is 15.7. The number of benzene rings is 2. The molecule has 0 radical (unpaired) electrons. The number of nitrogens with one attached hydrogen (secondary N) is 1. The smallest absolute Gasteiger partial charge is 0.238 e. The van der Waals surface area contributed by atoms with Crippen molar-refractivity contribution >= 4 is 33.0 Å². The summed E-state index contributed by atoms with van der Waals surface area (Å²) in [5.74, 6) is 0.0101. The van der Waals surface area contributed by atoms with Gasteiger partial charge in [0.05, 0.1) is 6.54 Å². The number of carbonyl (C=O) groups is 1. The maximum absolute atomic E-state index is 12.1. The molecule has 0 aliphatic carbocycles. The van der Waals surface area contributed by atoms with Crippen molar-refractivity contribution in [3.05, 3.63) is 65.0 Å². The minimum atomic E-state index is 0.0101. The van der Waals surface area contributed by atoms with Gasteiger partial charge in [-0.15, -0.1) is 11.3 Å². The van der Waals surface area contributed by atoms with E-state index in [0.29, 0.717) is 6.54 Å². The van der Waals surface area contributed by atoms with Crippen molar-refractivity contribution in [3.63, 3.8) is 0 Å². The third kappa shape index (κ3) is 3.97. The van der Waals surface area contributed by atoms with Crippen LogP contribution in [0.1, 0.15) is 11.1 Å². The van der Waals surface area contributed by atoms with Crippen molar-refractivity contribution < 1.29 is 4.79 Å². The molecule has 0 fully saturated rings. The van der Waals surface area contributed by atoms with E-state index in [1.54, 1.807) is 11.3 Å². The molecular weight excluding hydrogens is 304 g/mol. The number of hydrogen-bond acceptors (Lipinski definition) is 3. The van der Waals surface area contributed by atoms with Gasteiger partial charge < -0.3 is 5.32 Å². The van der Waals surface area contributed by atoms with Gasteiger partial charge in [-0.05, 0) is 48.5 Å². The highest BCUT2D eigenvalue weighted by Gasteiger charge is 2.10. The molecule has 0 unspecified atom stereocenters. The van der Waals surface area contributed by atoms with E-state index in [-0.39, 0.29) is 5.91 Å². The van der Waals surface area contributed by atoms with Crippen molar-refractivity contribution in [3.8, 4) is 0 Å². The van der Waals surface area contributed by atoms with Crippen LogP contribution in [0.4, 0.5) is 5.69 Å². The first-order valence-corrected chi connectivity index (χ1v) is 8.50. The van der Waals surface area contributed by atoms with Crippen LogP contribution in [0.2, 0.25) is 0 Å². The first-order valence-electron chi connectivity index (χ1n) is 7.62. The third-order valence-corrected chi connectivity index (χ3v) is 4.76. The van der Waals surface area contributed by atoms with Gasteiger partial charge in [0.25, 0.3) is 0 Å². The van der Waals surface area contributed by atoms with Crippen molar-refractivity contribution in [2.75, 3.05) is 18.9 Å². The minimum Gasteiger partial charge on any atom is -0.325 e. The number of rotatable bonds is 5. The number of hydrogen-bond donors (Lipinski definition) is 1. The van der Waals surface area contributed by atoms with E-state index in [1.807, 2.05) is 43.1 Å². The van der Waals surface area contributed by atoms with E-state index >= 15 is 0 Å². The van der Waals surface area contributed by atoms with Crippen LogP contribution in [0.5, 0.6) is 0 Å². The van der Waals surface area contributed by atoms with E-state index in [0.717, 1.165) is 12.2 Å². The molecule has 0 spiro atoms. The monoisotopic (exact) mass is 324 g/mol. The summed E-state index contributed by atoms with van der Waals surface area (Å²) >= 11 is 1.75. The molecule has 23 heavy (non-hydrogen) atoms. The van der Waals surface area contributed by atoms with Gasteiger partial charge in [0.15, 0.2) is 0 Å². The van der Waals surface area contributed by atoms with Gasteiger partial charge in [0.2, 0.25) is 5.91 Å². The molecule has 3 rings (SSSR count). The zero-order chi connectivity index (χ0) is 16.2. The van der Waals surface area contributed by atoms with Crippen LogP contribution in [0.15, 0.2) is 53.9 Å². The molecule has 1 amide bonds. The van der Waals surface area contributed by atoms with Crippen molar-refractivity contribution in [1.82, 2.24) is 4.90 Å². The fourth-order valence-corrected chi connectivity index (χ4v) is 3.54. The van der Waals surface area contributed by atoms with Crippen LogP contribution in [-0.4, -0.2) is 24.4 Å². The lowest BCUT2D eigenvalue weighted by Crippen LogP contribution is -2.29. The lowest BCUT2D eigenvalue weighted by Gasteiger charge is -2.16. The molecule has 0 atom stereocenters. The van der Waals surface area contributed by atoms with Gasteiger partial charge in [-0.1, -0.05) is 35.9 Å². The molecule has 0 saturated heterocycles. The Morgan fingerprint density at radius 3 is 2.65 bits per heavy atom. The van der Waals surface area contributed by atoms with E-state index in [9.17, 15) is 4.79 Å². The molecule has 0 saturated carbocycles. The highest BCUT2D eigenvalue weighted by atomic mass is 32.1. The van der Waals surface area contributed by atoms with Crippen LogP contribution in [-0.2, 0) is 11.3 Å². The molecule has 4 heteroatoms. The molecular formula is C19H20N2OS. The van der Waals surface area contributed by atoms with E-state index < -0.39 is 0 Å². The molecule has 0 aliphatic heterocycles. The Labute approximate surface area is 140 Å². The van der Waals surface area contributed by atoms with Gasteiger partial charge in [-0.3, -0.25) is 9.69 Å². The summed E-state index contributed by atoms with van der Waals surface area (Å²) in [6.45, 7) is 3.17. The fourth-order valence-electron chi connectivity index (χ4n) is 2.58. The minimum absolute atomic E-state index is 0.0101. The standard InChI is InChI=1S/C19H20N2OS/c1-14-7-9-16(10-8-14)20-19(22)12-21(2)11-15-13-23-18-6-4-3-5-17(15)18/h3-10,13H,11-12H2,1-2H3,(H,20,22). The van der Waals surface area contributed by atoms with Crippen LogP contribution in [0, 0.1) is 6.92 Å². The zero-order valence-corrected chi connectivity index (χ0v) is 14.2. The molecule has 0 aliphatic rings. The van der Waals surface area contributed by atoms with E-state index in [4.69, 9.17) is 0 Å². The highest BCUT2D eigenvalue weighted by Crippen LogP contribution is 2.26. The predicted octanol–water partition coefficient (Wildman–Crippen LogP) is 4.28. The number of carbonyl (C=O) groups excluding carboxylic acids is 1. The number of aryl methyl sites for hydroxylation is 1. The van der Waals surface area contributed by atoms with Crippen LogP contribution >= 0.6 is 11.3 Å². The van der Waals surface area contributed by atoms with E-state index in [1.165, 1.54) is 21.2 Å². The summed E-state index contributed by atoms with van der Waals surface area (Å²) in [7, 11) is 1.97. The van der Waals surface area contributed by atoms with Gasteiger partial charge in [0, 0.05) is 16.9 Å². The van der Waals surface area contributed by atoms with Crippen LogP contribution < -0.4 is 5.32 Å². The molecule has 1 heterocycles. The SMILES string of the molecule is Cc1ccc(NC(=O)CN(C)Cc2csc3ccccc23)cc1. The second-order valence-electron chi connectivity index (χ2n) is 5.84. The Bertz CT molecular complexity index is 808. The lowest BCUT2D eigenvalue weighted by molar-refractivity contribution is -0.117. The summed E-state index contributed by atoms with van der Waals surface area (Å²) in [5.41, 5.74) is 3.30. The topological polar surface area (TPSA) is 32.3 Å². The molecule has 1 aromatic heterocycles. The Morgan fingerprint density at radius 1 is 1.13 bits per heavy atom. The molecule has 118 valence electrons. The van der Waals surface area contributed by atoms with Gasteiger partial charge in [0.1, 0.15) is 0 Å². The predicted molar refractivity (Wildman–Crippen MR) is 98.0 cm³/mol. The van der Waals surface area contributed by atoms with Crippen molar-refractivity contribution in [2.24, 2.45) is 0 Å². The Hall–Kier alpha value is -2.17. The molecule has 3 aromatic rings. The summed E-state index contributed by atoms with van der Waals surface area (Å²) in [4.78, 5) is 14.2. The van der Waals surface area contributed by atoms with Gasteiger partial charge in [-0.25, -0.2) is 0 Å². The number of likely N-dealkylation sites (N-methyl/N-ethyl adjacent to an activating group) is 1. The Kier molecular flexibility index (Phi) is 4.74. The molecule has 0 bridgehead atoms. The largest absolute Gasteiger partial charge is 0.325 e. The summed E-state index contributed by atoms with van der Waals surface area (Å²) < 4.78 is 1.29. The number of anilines is 1. The lowest BCUT2D eigenvalue weighted by atomic mass is 10.2. The maximum atomic E-state index is 12.1. The Morgan fingerprint density at radius 2 is 1.87 bits per heavy atom. The van der Waals surface area contributed by atoms with Gasteiger partial charge in [-0.2, -0.15) is 0 Å². The summed E-state index contributed by atoms with van der Waals surface area (Å²) in [6, 6.07) is 16.2. The third-order valence-electron chi connectivity index (χ3n) is 3.75. The summed E-state index contributed by atoms with van der Waals surface area (Å²) in [5, 5.41) is 6.40. The highest BCUT2D eigenvalue weighted by molar-refractivity contribution is 7.17. The second-order valence-corrected chi connectivity index (χ2v) is 6.75. The fraction of sp³-hybridized carbons (Fsp3) is 0.211. The first-order chi connectivity index (χ1) is 11.1. The van der Waals surface area contributed by atoms with Crippen molar-refractivity contribution in [2.45, 2.75) is 13.5 Å². The number of thiophene rings is 1. The second kappa shape index (κ2) is 6.94. The van der Waals surface area contributed by atoms with Crippen LogP contribution in [0.25, 0.3) is 10.1 Å². The zero-order valence-electron chi connectivity index (χ0n) is 13.4. The molecule has 1 N–H and O–H groups in total. The molecule has 3 nitrogen and oxygen atoms in total. The quantitative estimate of drug-likeness (QED) is 0.760. The van der Waals surface area contributed by atoms with Crippen molar-refractivity contribution in [1.29, 1.82) is 0 Å². The number of nitrogens with zero attached hydrogens (tertiary/aromatic N) is 1. The number of amides is 1. The average Bonchev–Trinajstić information content (AvgIpc) is 2.93.